The van der Waals surface area contributed by atoms with Gasteiger partial charge in [-0.05, 0) is 66.5 Å². The van der Waals surface area contributed by atoms with Crippen LogP contribution < -0.4 is 30.3 Å². The van der Waals surface area contributed by atoms with Crippen molar-refractivity contribution in [3.8, 4) is 17.2 Å². The van der Waals surface area contributed by atoms with Gasteiger partial charge in [0.1, 0.15) is 5.75 Å². The van der Waals surface area contributed by atoms with Gasteiger partial charge in [-0.25, -0.2) is 19.8 Å². The number of halogens is 2. The van der Waals surface area contributed by atoms with Crippen LogP contribution in [-0.4, -0.2) is 63.6 Å². The topological polar surface area (TPSA) is 163 Å². The van der Waals surface area contributed by atoms with Crippen LogP contribution in [0.1, 0.15) is 37.9 Å². The second-order valence-electron chi connectivity index (χ2n) is 8.68. The zero-order chi connectivity index (χ0) is 31.5. The first-order chi connectivity index (χ1) is 20.6. The van der Waals surface area contributed by atoms with Gasteiger partial charge in [0, 0.05) is 15.7 Å². The fourth-order valence-corrected chi connectivity index (χ4v) is 5.29. The molecule has 3 N–H and O–H groups in total. The number of allylic oxidation sites excluding steroid dienone is 1. The van der Waals surface area contributed by atoms with E-state index in [-0.39, 0.29) is 36.9 Å². The van der Waals surface area contributed by atoms with Crippen molar-refractivity contribution < 1.29 is 42.9 Å². The highest BCUT2D eigenvalue weighted by molar-refractivity contribution is 9.11. The van der Waals surface area contributed by atoms with E-state index < -0.39 is 36.5 Å². The molecule has 0 aromatic heterocycles. The number of carbonyl (C=O) groups excluding carboxylic acids is 4. The van der Waals surface area contributed by atoms with Crippen LogP contribution >= 0.6 is 31.9 Å². The van der Waals surface area contributed by atoms with Gasteiger partial charge in [-0.1, -0.05) is 22.0 Å². The molecule has 0 unspecified atom stereocenters. The van der Waals surface area contributed by atoms with Crippen molar-refractivity contribution >= 4 is 62.0 Å². The molecule has 2 aromatic carbocycles. The highest BCUT2D eigenvalue weighted by Gasteiger charge is 2.32. The molecule has 1 aliphatic rings. The third kappa shape index (κ3) is 9.19. The Morgan fingerprint density at radius 1 is 1.02 bits per heavy atom. The van der Waals surface area contributed by atoms with Crippen LogP contribution in [0.5, 0.6) is 17.2 Å². The number of hydrogen-bond donors (Lipinski definition) is 3. The molecule has 1 aliphatic heterocycles. The average molecular weight is 726 g/mol. The van der Waals surface area contributed by atoms with Crippen molar-refractivity contribution in [1.29, 1.82) is 0 Å². The summed E-state index contributed by atoms with van der Waals surface area (Å²) in [5.74, 6) is -0.822. The van der Waals surface area contributed by atoms with Gasteiger partial charge in [0.15, 0.2) is 24.7 Å². The number of methoxy groups -OCH3 is 1. The molecule has 13 nitrogen and oxygen atoms in total. The van der Waals surface area contributed by atoms with Crippen molar-refractivity contribution in [3.05, 3.63) is 61.7 Å². The molecule has 0 radical (unpaired) electrons. The van der Waals surface area contributed by atoms with Gasteiger partial charge in [0.2, 0.25) is 0 Å². The number of benzene rings is 2. The first-order valence-corrected chi connectivity index (χ1v) is 14.5. The van der Waals surface area contributed by atoms with E-state index >= 15 is 0 Å². The van der Waals surface area contributed by atoms with Gasteiger partial charge in [-0.3, -0.25) is 4.79 Å². The lowest BCUT2D eigenvalue weighted by molar-refractivity contribution is -0.145. The van der Waals surface area contributed by atoms with Gasteiger partial charge >= 0.3 is 18.0 Å². The summed E-state index contributed by atoms with van der Waals surface area (Å²) in [5.41, 5.74) is 4.00. The molecule has 0 bridgehead atoms. The Labute approximate surface area is 264 Å². The number of urea groups is 1. The van der Waals surface area contributed by atoms with E-state index in [1.807, 2.05) is 0 Å². The molecule has 3 amide bonds. The number of hydrogen-bond acceptors (Lipinski definition) is 10. The number of esters is 2. The molecule has 0 saturated heterocycles. The number of ether oxygens (including phenoxy) is 5. The molecule has 2 aromatic rings. The smallest absolute Gasteiger partial charge is 0.344 e. The third-order valence-corrected chi connectivity index (χ3v) is 6.76. The first-order valence-electron chi connectivity index (χ1n) is 12.9. The molecule has 0 fully saturated rings. The summed E-state index contributed by atoms with van der Waals surface area (Å²) in [6, 6.07) is 6.95. The third-order valence-electron chi connectivity index (χ3n) is 5.71. The van der Waals surface area contributed by atoms with Crippen molar-refractivity contribution in [2.75, 3.05) is 33.5 Å². The van der Waals surface area contributed by atoms with Gasteiger partial charge in [-0.2, -0.15) is 5.10 Å². The summed E-state index contributed by atoms with van der Waals surface area (Å²) >= 11 is 6.77. The van der Waals surface area contributed by atoms with E-state index in [0.29, 0.717) is 31.5 Å². The Morgan fingerprint density at radius 3 is 2.47 bits per heavy atom. The predicted molar refractivity (Wildman–Crippen MR) is 162 cm³/mol. The van der Waals surface area contributed by atoms with Crippen molar-refractivity contribution in [2.24, 2.45) is 5.10 Å². The van der Waals surface area contributed by atoms with E-state index in [9.17, 15) is 19.2 Å². The van der Waals surface area contributed by atoms with Gasteiger partial charge < -0.3 is 34.3 Å². The number of amides is 3. The summed E-state index contributed by atoms with van der Waals surface area (Å²) in [6.45, 7) is 4.68. The monoisotopic (exact) mass is 724 g/mol. The largest absolute Gasteiger partial charge is 0.493 e. The Balaban J connectivity index is 1.68. The molecular weight excluding hydrogens is 696 g/mol. The molecule has 0 aliphatic carbocycles. The summed E-state index contributed by atoms with van der Waals surface area (Å²) < 4.78 is 28.0. The summed E-state index contributed by atoms with van der Waals surface area (Å²) in [5, 5.41) is 9.26. The SMILES string of the molecule is CCOC(=O)COc1c(Br)cc(Br)cc1/C=N/NC(=O)COc1ccc([C@@H]2NC(=O)NC(C)=C2C(=O)OCC)cc1OC. The van der Waals surface area contributed by atoms with Gasteiger partial charge in [0.25, 0.3) is 5.91 Å². The van der Waals surface area contributed by atoms with Crippen molar-refractivity contribution in [1.82, 2.24) is 16.1 Å². The zero-order valence-electron chi connectivity index (χ0n) is 23.7. The normalized spacial score (nSPS) is 14.5. The fourth-order valence-electron chi connectivity index (χ4n) is 3.92. The highest BCUT2D eigenvalue weighted by atomic mass is 79.9. The minimum absolute atomic E-state index is 0.170. The predicted octanol–water partition coefficient (Wildman–Crippen LogP) is 3.88. The number of nitrogens with zero attached hydrogens (tertiary/aromatic N) is 1. The quantitative estimate of drug-likeness (QED) is 0.158. The minimum Gasteiger partial charge on any atom is -0.493 e. The number of carbonyl (C=O) groups is 4. The maximum atomic E-state index is 12.6. The van der Waals surface area contributed by atoms with E-state index in [1.165, 1.54) is 13.3 Å². The van der Waals surface area contributed by atoms with Crippen LogP contribution in [0.25, 0.3) is 0 Å². The summed E-state index contributed by atoms with van der Waals surface area (Å²) in [7, 11) is 1.42. The van der Waals surface area contributed by atoms with Crippen LogP contribution in [0, 0.1) is 0 Å². The van der Waals surface area contributed by atoms with Crippen LogP contribution in [0.3, 0.4) is 0 Å². The fraction of sp³-hybridized carbons (Fsp3) is 0.321. The minimum atomic E-state index is -0.794. The summed E-state index contributed by atoms with van der Waals surface area (Å²) in [6.07, 6.45) is 1.35. The van der Waals surface area contributed by atoms with E-state index in [4.69, 9.17) is 23.7 Å². The second-order valence-corrected chi connectivity index (χ2v) is 10.5. The number of rotatable bonds is 13. The number of nitrogens with one attached hydrogen (secondary N) is 3. The molecule has 1 atom stereocenters. The van der Waals surface area contributed by atoms with Crippen molar-refractivity contribution in [3.63, 3.8) is 0 Å². The molecule has 15 heteroatoms. The Hall–Kier alpha value is -4.11. The lowest BCUT2D eigenvalue weighted by Gasteiger charge is -2.28. The molecule has 0 saturated carbocycles. The number of hydrazone groups is 1. The molecular formula is C28H30Br2N4O9. The second kappa shape index (κ2) is 15.9. The van der Waals surface area contributed by atoms with E-state index in [1.54, 1.807) is 51.1 Å². The standard InChI is InChI=1S/C28H30Br2N4O9/c1-5-40-23(36)14-43-26-17(9-18(29)11-19(26)30)12-31-34-22(35)13-42-20-8-7-16(10-21(20)39-4)25-24(27(37)41-6-2)15(3)32-28(38)33-25/h7-12,25H,5-6,13-14H2,1-4H3,(H,34,35)(H2,32,33,38)/b31-12+/t25-/m0/s1. The molecule has 0 spiro atoms. The summed E-state index contributed by atoms with van der Waals surface area (Å²) in [4.78, 5) is 48.9. The van der Waals surface area contributed by atoms with E-state index in [0.717, 1.165) is 0 Å². The lowest BCUT2D eigenvalue weighted by Crippen LogP contribution is -2.45. The van der Waals surface area contributed by atoms with Crippen molar-refractivity contribution in [2.45, 2.75) is 26.8 Å². The van der Waals surface area contributed by atoms with Crippen LogP contribution in [0.4, 0.5) is 4.79 Å². The Morgan fingerprint density at radius 2 is 1.77 bits per heavy atom. The zero-order valence-corrected chi connectivity index (χ0v) is 26.9. The maximum Gasteiger partial charge on any atom is 0.344 e. The molecule has 1 heterocycles. The average Bonchev–Trinajstić information content (AvgIpc) is 2.95. The van der Waals surface area contributed by atoms with Gasteiger partial charge in [0.05, 0.1) is 42.6 Å². The molecule has 230 valence electrons. The van der Waals surface area contributed by atoms with Crippen LogP contribution in [0.15, 0.2) is 55.6 Å². The first kappa shape index (κ1) is 33.4. The Kier molecular flexibility index (Phi) is 12.4. The van der Waals surface area contributed by atoms with Crippen LogP contribution in [-0.2, 0) is 23.9 Å². The lowest BCUT2D eigenvalue weighted by atomic mass is 9.95. The molecule has 3 rings (SSSR count). The van der Waals surface area contributed by atoms with E-state index in [2.05, 4.69) is 53.0 Å². The van der Waals surface area contributed by atoms with Crippen LogP contribution in [0.2, 0.25) is 0 Å². The molecule has 43 heavy (non-hydrogen) atoms. The van der Waals surface area contributed by atoms with Gasteiger partial charge in [-0.15, -0.1) is 0 Å². The highest BCUT2D eigenvalue weighted by Crippen LogP contribution is 2.35. The Bertz CT molecular complexity index is 1450. The maximum absolute atomic E-state index is 12.6.